The van der Waals surface area contributed by atoms with Crippen molar-refractivity contribution in [2.24, 2.45) is 7.05 Å². The minimum Gasteiger partial charge on any atom is -0.379 e. The van der Waals surface area contributed by atoms with E-state index in [0.29, 0.717) is 30.0 Å². The van der Waals surface area contributed by atoms with E-state index >= 15 is 0 Å². The molecule has 0 saturated carbocycles. The van der Waals surface area contributed by atoms with Crippen molar-refractivity contribution in [1.29, 1.82) is 0 Å². The molecule has 2 heterocycles. The molecule has 0 aliphatic carbocycles. The molecule has 1 saturated heterocycles. The van der Waals surface area contributed by atoms with Gasteiger partial charge in [0.25, 0.3) is 11.5 Å². The predicted octanol–water partition coefficient (Wildman–Crippen LogP) is 1.58. The molecule has 1 aliphatic rings. The van der Waals surface area contributed by atoms with Gasteiger partial charge in [-0.15, -0.1) is 0 Å². The van der Waals surface area contributed by atoms with Crippen molar-refractivity contribution in [3.8, 4) is 0 Å². The van der Waals surface area contributed by atoms with Gasteiger partial charge in [0.1, 0.15) is 5.56 Å². The quantitative estimate of drug-likeness (QED) is 0.812. The third kappa shape index (κ3) is 4.12. The van der Waals surface area contributed by atoms with Gasteiger partial charge in [-0.05, 0) is 50.1 Å². The van der Waals surface area contributed by atoms with Crippen molar-refractivity contribution >= 4 is 21.6 Å². The number of hydrogen-bond donors (Lipinski definition) is 1. The molecule has 1 aromatic heterocycles. The van der Waals surface area contributed by atoms with Crippen LogP contribution >= 0.6 is 0 Å². The van der Waals surface area contributed by atoms with Crippen LogP contribution in [0.3, 0.4) is 0 Å². The summed E-state index contributed by atoms with van der Waals surface area (Å²) in [5.41, 5.74) is 1.85. The van der Waals surface area contributed by atoms with Crippen molar-refractivity contribution < 1.29 is 17.9 Å². The van der Waals surface area contributed by atoms with Crippen LogP contribution in [0.5, 0.6) is 0 Å². The minimum atomic E-state index is -3.71. The van der Waals surface area contributed by atoms with E-state index < -0.39 is 21.5 Å². The minimum absolute atomic E-state index is 0.0382. The number of benzene rings is 1. The zero-order chi connectivity index (χ0) is 21.3. The van der Waals surface area contributed by atoms with Crippen LogP contribution in [0.4, 0.5) is 5.69 Å². The summed E-state index contributed by atoms with van der Waals surface area (Å²) in [6.45, 7) is 6.48. The summed E-state index contributed by atoms with van der Waals surface area (Å²) in [6, 6.07) is 6.47. The van der Waals surface area contributed by atoms with Gasteiger partial charge in [-0.2, -0.15) is 4.31 Å². The average Bonchev–Trinajstić information content (AvgIpc) is 2.68. The van der Waals surface area contributed by atoms with Crippen LogP contribution < -0.4 is 10.9 Å². The van der Waals surface area contributed by atoms with Gasteiger partial charge in [0.05, 0.1) is 18.1 Å². The Kier molecular flexibility index (Phi) is 5.92. The number of nitrogens with one attached hydrogen (secondary N) is 1. The molecule has 156 valence electrons. The molecule has 2 aromatic rings. The number of pyridine rings is 1. The maximum atomic E-state index is 13.0. The van der Waals surface area contributed by atoms with E-state index in [1.807, 2.05) is 0 Å². The molecule has 1 N–H and O–H groups in total. The Hall–Kier alpha value is -2.49. The Morgan fingerprint density at radius 3 is 2.38 bits per heavy atom. The van der Waals surface area contributed by atoms with Crippen molar-refractivity contribution in [2.45, 2.75) is 25.7 Å². The van der Waals surface area contributed by atoms with Gasteiger partial charge in [-0.3, -0.25) is 9.59 Å². The number of hydrogen-bond acceptors (Lipinski definition) is 5. The van der Waals surface area contributed by atoms with Crippen LogP contribution in [0.1, 0.15) is 27.2 Å². The number of ether oxygens (including phenoxy) is 1. The maximum Gasteiger partial charge on any atom is 0.263 e. The standard InChI is InChI=1S/C20H25N3O5S/c1-13-5-6-16(12-17(13)29(26,27)23-7-9-28-10-8-23)21-19(24)18-14(2)11-15(3)22(4)20(18)25/h5-6,11-12H,7-10H2,1-4H3,(H,21,24). The average molecular weight is 420 g/mol. The van der Waals surface area contributed by atoms with Crippen molar-refractivity contribution in [3.63, 3.8) is 0 Å². The first-order chi connectivity index (χ1) is 13.6. The van der Waals surface area contributed by atoms with Gasteiger partial charge in [-0.25, -0.2) is 8.42 Å². The molecule has 8 nitrogen and oxygen atoms in total. The first-order valence-electron chi connectivity index (χ1n) is 9.30. The zero-order valence-corrected chi connectivity index (χ0v) is 17.8. The van der Waals surface area contributed by atoms with Gasteiger partial charge < -0.3 is 14.6 Å². The molecule has 0 spiro atoms. The summed E-state index contributed by atoms with van der Waals surface area (Å²) in [5.74, 6) is -0.568. The summed E-state index contributed by atoms with van der Waals surface area (Å²) in [6.07, 6.45) is 0. The van der Waals surface area contributed by atoms with E-state index in [2.05, 4.69) is 5.32 Å². The van der Waals surface area contributed by atoms with E-state index in [1.54, 1.807) is 46.0 Å². The molecule has 9 heteroatoms. The summed E-state index contributed by atoms with van der Waals surface area (Å²) in [7, 11) is -2.10. The Bertz CT molecular complexity index is 1120. The number of anilines is 1. The predicted molar refractivity (Wildman–Crippen MR) is 110 cm³/mol. The Morgan fingerprint density at radius 1 is 1.07 bits per heavy atom. The molecule has 1 aliphatic heterocycles. The molecule has 0 unspecified atom stereocenters. The largest absolute Gasteiger partial charge is 0.379 e. The Balaban J connectivity index is 1.94. The molecule has 3 rings (SSSR count). The monoisotopic (exact) mass is 419 g/mol. The highest BCUT2D eigenvalue weighted by Crippen LogP contribution is 2.24. The fourth-order valence-electron chi connectivity index (χ4n) is 3.33. The normalized spacial score (nSPS) is 15.3. The van der Waals surface area contributed by atoms with E-state index in [0.717, 1.165) is 5.69 Å². The molecule has 0 atom stereocenters. The highest BCUT2D eigenvalue weighted by atomic mass is 32.2. The molecule has 1 fully saturated rings. The molecule has 0 bridgehead atoms. The van der Waals surface area contributed by atoms with Gasteiger partial charge in [-0.1, -0.05) is 6.07 Å². The second-order valence-electron chi connectivity index (χ2n) is 7.16. The number of amides is 1. The summed E-state index contributed by atoms with van der Waals surface area (Å²) < 4.78 is 34.0. The summed E-state index contributed by atoms with van der Waals surface area (Å²) >= 11 is 0. The first kappa shape index (κ1) is 21.2. The number of nitrogens with zero attached hydrogens (tertiary/aromatic N) is 2. The van der Waals surface area contributed by atoms with Crippen LogP contribution in [0.15, 0.2) is 34.0 Å². The van der Waals surface area contributed by atoms with Crippen molar-refractivity contribution in [2.75, 3.05) is 31.6 Å². The molecule has 0 radical (unpaired) electrons. The third-order valence-corrected chi connectivity index (χ3v) is 7.17. The van der Waals surface area contributed by atoms with Gasteiger partial charge in [0.2, 0.25) is 10.0 Å². The summed E-state index contributed by atoms with van der Waals surface area (Å²) in [5, 5.41) is 2.67. The smallest absolute Gasteiger partial charge is 0.263 e. The zero-order valence-electron chi connectivity index (χ0n) is 17.0. The lowest BCUT2D eigenvalue weighted by atomic mass is 10.1. The first-order valence-corrected chi connectivity index (χ1v) is 10.7. The van der Waals surface area contributed by atoms with Gasteiger partial charge >= 0.3 is 0 Å². The fourth-order valence-corrected chi connectivity index (χ4v) is 4.99. The van der Waals surface area contributed by atoms with Gasteiger partial charge in [0.15, 0.2) is 0 Å². The van der Waals surface area contributed by atoms with E-state index in [-0.39, 0.29) is 23.5 Å². The number of rotatable bonds is 4. The second kappa shape index (κ2) is 8.10. The molecular weight excluding hydrogens is 394 g/mol. The number of aromatic nitrogens is 1. The van der Waals surface area contributed by atoms with Crippen LogP contribution in [0, 0.1) is 20.8 Å². The third-order valence-electron chi connectivity index (χ3n) is 5.13. The Labute approximate surface area is 170 Å². The van der Waals surface area contributed by atoms with Crippen LogP contribution in [-0.2, 0) is 21.8 Å². The Morgan fingerprint density at radius 2 is 1.72 bits per heavy atom. The molecular formula is C20H25N3O5S. The number of sulfonamides is 1. The lowest BCUT2D eigenvalue weighted by Crippen LogP contribution is -2.40. The van der Waals surface area contributed by atoms with Crippen LogP contribution in [0.25, 0.3) is 0 Å². The van der Waals surface area contributed by atoms with Crippen LogP contribution in [-0.4, -0.2) is 49.5 Å². The lowest BCUT2D eigenvalue weighted by molar-refractivity contribution is 0.0730. The van der Waals surface area contributed by atoms with Crippen LogP contribution in [0.2, 0.25) is 0 Å². The van der Waals surface area contributed by atoms with E-state index in [9.17, 15) is 18.0 Å². The fraction of sp³-hybridized carbons (Fsp3) is 0.400. The highest BCUT2D eigenvalue weighted by molar-refractivity contribution is 7.89. The van der Waals surface area contributed by atoms with E-state index in [4.69, 9.17) is 4.74 Å². The topological polar surface area (TPSA) is 97.7 Å². The molecule has 1 amide bonds. The van der Waals surface area contributed by atoms with Crippen molar-refractivity contribution in [3.05, 3.63) is 57.0 Å². The maximum absolute atomic E-state index is 13.0. The second-order valence-corrected chi connectivity index (χ2v) is 9.07. The van der Waals surface area contributed by atoms with Crippen molar-refractivity contribution in [1.82, 2.24) is 8.87 Å². The summed E-state index contributed by atoms with van der Waals surface area (Å²) in [4.78, 5) is 25.4. The number of carbonyl (C=O) groups is 1. The SMILES string of the molecule is Cc1ccc(NC(=O)c2c(C)cc(C)n(C)c2=O)cc1S(=O)(=O)N1CCOCC1. The number of morpholine rings is 1. The highest BCUT2D eigenvalue weighted by Gasteiger charge is 2.28. The molecule has 1 aromatic carbocycles. The molecule has 29 heavy (non-hydrogen) atoms. The van der Waals surface area contributed by atoms with Gasteiger partial charge in [0, 0.05) is 31.5 Å². The van der Waals surface area contributed by atoms with E-state index in [1.165, 1.54) is 14.9 Å². The number of carbonyl (C=O) groups excluding carboxylic acids is 1. The lowest BCUT2D eigenvalue weighted by Gasteiger charge is -2.26. The number of aryl methyl sites for hydroxylation is 3.